The number of hydrogen-bond donors (Lipinski definition) is 1. The summed E-state index contributed by atoms with van der Waals surface area (Å²) in [5.41, 5.74) is 7.42. The lowest BCUT2D eigenvalue weighted by atomic mass is 10.00. The minimum Gasteiger partial charge on any atom is -0.494 e. The fraction of sp³-hybridized carbons (Fsp3) is 0.667. The van der Waals surface area contributed by atoms with Crippen LogP contribution in [0.25, 0.3) is 0 Å². The molecule has 1 aromatic carbocycles. The summed E-state index contributed by atoms with van der Waals surface area (Å²) in [5, 5.41) is 0. The first-order valence-electron chi connectivity index (χ1n) is 8.49. The summed E-state index contributed by atoms with van der Waals surface area (Å²) in [7, 11) is 0. The summed E-state index contributed by atoms with van der Waals surface area (Å²) in [5.74, 6) is 0.995. The third-order valence-electron chi connectivity index (χ3n) is 4.60. The van der Waals surface area contributed by atoms with Crippen molar-refractivity contribution in [1.82, 2.24) is 4.90 Å². The second-order valence-electron chi connectivity index (χ2n) is 5.87. The Morgan fingerprint density at radius 1 is 1.24 bits per heavy atom. The van der Waals surface area contributed by atoms with Crippen molar-refractivity contribution in [2.75, 3.05) is 19.7 Å². The molecule has 3 nitrogen and oxygen atoms in total. The van der Waals surface area contributed by atoms with E-state index in [-0.39, 0.29) is 6.04 Å². The highest BCUT2D eigenvalue weighted by Crippen LogP contribution is 2.33. The van der Waals surface area contributed by atoms with E-state index >= 15 is 0 Å². The summed E-state index contributed by atoms with van der Waals surface area (Å²) in [6, 6.07) is 9.31. The zero-order chi connectivity index (χ0) is 15.1. The predicted molar refractivity (Wildman–Crippen MR) is 88.7 cm³/mol. The van der Waals surface area contributed by atoms with Crippen molar-refractivity contribution in [3.05, 3.63) is 29.8 Å². The van der Waals surface area contributed by atoms with E-state index in [2.05, 4.69) is 30.0 Å². The van der Waals surface area contributed by atoms with Gasteiger partial charge in [-0.2, -0.15) is 0 Å². The molecule has 1 heterocycles. The normalized spacial score (nSPS) is 21.8. The molecule has 0 radical (unpaired) electrons. The van der Waals surface area contributed by atoms with Gasteiger partial charge in [0.25, 0.3) is 0 Å². The summed E-state index contributed by atoms with van der Waals surface area (Å²) >= 11 is 0. The fourth-order valence-corrected chi connectivity index (χ4v) is 3.53. The number of nitrogens with two attached hydrogens (primary N) is 1. The zero-order valence-corrected chi connectivity index (χ0v) is 13.6. The number of hydrogen-bond acceptors (Lipinski definition) is 3. The van der Waals surface area contributed by atoms with Crippen LogP contribution in [0.3, 0.4) is 0 Å². The van der Waals surface area contributed by atoms with E-state index in [1.165, 1.54) is 37.7 Å². The molecular formula is C18H30N2O. The Bertz CT molecular complexity index is 421. The molecule has 2 N–H and O–H groups in total. The average Bonchev–Trinajstić information content (AvgIpc) is 2.75. The van der Waals surface area contributed by atoms with Gasteiger partial charge in [-0.25, -0.2) is 0 Å². The smallest absolute Gasteiger partial charge is 0.124 e. The molecule has 1 aliphatic rings. The molecule has 0 amide bonds. The van der Waals surface area contributed by atoms with Gasteiger partial charge in [-0.15, -0.1) is 0 Å². The summed E-state index contributed by atoms with van der Waals surface area (Å²) in [6.45, 7) is 6.84. The van der Waals surface area contributed by atoms with Crippen LogP contribution in [0.5, 0.6) is 5.75 Å². The topological polar surface area (TPSA) is 38.5 Å². The Morgan fingerprint density at radius 3 is 2.76 bits per heavy atom. The van der Waals surface area contributed by atoms with Crippen molar-refractivity contribution in [3.8, 4) is 5.75 Å². The molecule has 2 unspecified atom stereocenters. The molecule has 21 heavy (non-hydrogen) atoms. The van der Waals surface area contributed by atoms with E-state index in [1.54, 1.807) is 0 Å². The number of nitrogens with zero attached hydrogens (tertiary/aromatic N) is 1. The van der Waals surface area contributed by atoms with E-state index in [1.807, 2.05) is 13.0 Å². The van der Waals surface area contributed by atoms with Crippen LogP contribution >= 0.6 is 0 Å². The Balaban J connectivity index is 2.28. The van der Waals surface area contributed by atoms with Crippen LogP contribution in [0, 0.1) is 0 Å². The number of para-hydroxylation sites is 1. The highest BCUT2D eigenvalue weighted by molar-refractivity contribution is 5.36. The van der Waals surface area contributed by atoms with Gasteiger partial charge >= 0.3 is 0 Å². The first-order chi connectivity index (χ1) is 10.3. The summed E-state index contributed by atoms with van der Waals surface area (Å²) in [4.78, 5) is 2.63. The molecule has 2 atom stereocenters. The molecular weight excluding hydrogens is 260 g/mol. The van der Waals surface area contributed by atoms with Crippen LogP contribution in [0.2, 0.25) is 0 Å². The minimum absolute atomic E-state index is 0.274. The molecule has 1 saturated heterocycles. The maximum absolute atomic E-state index is 6.17. The lowest BCUT2D eigenvalue weighted by Gasteiger charge is -2.37. The van der Waals surface area contributed by atoms with Crippen LogP contribution in [-0.4, -0.2) is 30.6 Å². The fourth-order valence-electron chi connectivity index (χ4n) is 3.53. The maximum atomic E-state index is 6.17. The van der Waals surface area contributed by atoms with Crippen molar-refractivity contribution in [1.29, 1.82) is 0 Å². The molecule has 2 rings (SSSR count). The highest BCUT2D eigenvalue weighted by Gasteiger charge is 2.28. The van der Waals surface area contributed by atoms with Gasteiger partial charge in [0.2, 0.25) is 0 Å². The molecule has 1 aromatic rings. The monoisotopic (exact) mass is 290 g/mol. The van der Waals surface area contributed by atoms with E-state index in [0.29, 0.717) is 19.2 Å². The van der Waals surface area contributed by atoms with Gasteiger partial charge in [0.1, 0.15) is 5.75 Å². The van der Waals surface area contributed by atoms with Crippen molar-refractivity contribution >= 4 is 0 Å². The number of rotatable bonds is 6. The Kier molecular flexibility index (Phi) is 6.52. The van der Waals surface area contributed by atoms with E-state index < -0.39 is 0 Å². The van der Waals surface area contributed by atoms with Crippen LogP contribution < -0.4 is 10.5 Å². The molecule has 0 saturated carbocycles. The van der Waals surface area contributed by atoms with Gasteiger partial charge in [0.05, 0.1) is 12.6 Å². The van der Waals surface area contributed by atoms with Crippen molar-refractivity contribution in [3.63, 3.8) is 0 Å². The van der Waals surface area contributed by atoms with Gasteiger partial charge in [-0.05, 0) is 38.8 Å². The predicted octanol–water partition coefficient (Wildman–Crippen LogP) is 3.74. The average molecular weight is 290 g/mol. The maximum Gasteiger partial charge on any atom is 0.124 e. The molecule has 0 spiro atoms. The van der Waals surface area contributed by atoms with Crippen LogP contribution in [0.4, 0.5) is 0 Å². The largest absolute Gasteiger partial charge is 0.494 e. The van der Waals surface area contributed by atoms with Crippen molar-refractivity contribution < 1.29 is 4.74 Å². The number of ether oxygens (including phenoxy) is 1. The van der Waals surface area contributed by atoms with E-state index in [4.69, 9.17) is 10.5 Å². The third kappa shape index (κ3) is 3.98. The molecule has 0 aromatic heterocycles. The van der Waals surface area contributed by atoms with Crippen LogP contribution in [0.15, 0.2) is 24.3 Å². The Labute approximate surface area is 129 Å². The molecule has 1 aliphatic heterocycles. The zero-order valence-electron chi connectivity index (χ0n) is 13.6. The number of benzene rings is 1. The quantitative estimate of drug-likeness (QED) is 0.867. The van der Waals surface area contributed by atoms with Gasteiger partial charge < -0.3 is 10.5 Å². The second-order valence-corrected chi connectivity index (χ2v) is 5.87. The summed E-state index contributed by atoms with van der Waals surface area (Å²) in [6.07, 6.45) is 6.47. The first kappa shape index (κ1) is 16.3. The highest BCUT2D eigenvalue weighted by atomic mass is 16.5. The minimum atomic E-state index is 0.274. The van der Waals surface area contributed by atoms with Crippen LogP contribution in [0.1, 0.15) is 57.6 Å². The first-order valence-corrected chi connectivity index (χ1v) is 8.49. The van der Waals surface area contributed by atoms with E-state index in [0.717, 1.165) is 12.3 Å². The van der Waals surface area contributed by atoms with Gasteiger partial charge in [0, 0.05) is 18.2 Å². The van der Waals surface area contributed by atoms with Gasteiger partial charge in [-0.1, -0.05) is 38.0 Å². The van der Waals surface area contributed by atoms with Gasteiger partial charge in [0.15, 0.2) is 0 Å². The standard InChI is InChI=1S/C18H30N2O/c1-3-15-10-6-5-9-13-20(15)17(14-19)16-11-7-8-12-18(16)21-4-2/h7-8,11-12,15,17H,3-6,9-10,13-14,19H2,1-2H3. The summed E-state index contributed by atoms with van der Waals surface area (Å²) < 4.78 is 5.83. The lowest BCUT2D eigenvalue weighted by Crippen LogP contribution is -2.41. The van der Waals surface area contributed by atoms with Crippen molar-refractivity contribution in [2.24, 2.45) is 5.73 Å². The SMILES string of the molecule is CCOc1ccccc1C(CN)N1CCCCCC1CC. The van der Waals surface area contributed by atoms with Crippen LogP contribution in [-0.2, 0) is 0 Å². The van der Waals surface area contributed by atoms with Crippen molar-refractivity contribution in [2.45, 2.75) is 58.0 Å². The third-order valence-corrected chi connectivity index (χ3v) is 4.60. The number of likely N-dealkylation sites (tertiary alicyclic amines) is 1. The molecule has 0 bridgehead atoms. The molecule has 1 fully saturated rings. The lowest BCUT2D eigenvalue weighted by molar-refractivity contribution is 0.133. The van der Waals surface area contributed by atoms with Gasteiger partial charge in [-0.3, -0.25) is 4.90 Å². The molecule has 0 aliphatic carbocycles. The Hall–Kier alpha value is -1.06. The van der Waals surface area contributed by atoms with E-state index in [9.17, 15) is 0 Å². The molecule has 3 heteroatoms. The second kappa shape index (κ2) is 8.40. The Morgan fingerprint density at radius 2 is 2.05 bits per heavy atom. The molecule has 118 valence electrons.